The number of nitrogens with one attached hydrogen (secondary N) is 2. The number of guanidine groups is 1. The topological polar surface area (TPSA) is 110 Å². The van der Waals surface area contributed by atoms with Crippen LogP contribution in [0.25, 0.3) is 0 Å². The minimum absolute atomic E-state index is 0.194. The summed E-state index contributed by atoms with van der Waals surface area (Å²) in [6.45, 7) is 4.73. The molecule has 0 spiro atoms. The third-order valence-electron chi connectivity index (χ3n) is 6.22. The molecule has 180 valence electrons. The van der Waals surface area contributed by atoms with E-state index in [1.807, 2.05) is 11.8 Å². The standard InChI is InChI=1S/C24H36N6O3/c1-4-5-6-7-8-9-10-11-16-30-20-21(29(3)24(33)26-22(20)32)25-23(30)28-27-17(2)18-12-14-19(31)15-13-18/h12-15,20-21,31H,4-11,16H2,1-3H3,(H,25,28)(H,26,32,33)/b27-17-. The van der Waals surface area contributed by atoms with Gasteiger partial charge in [-0.2, -0.15) is 5.10 Å². The van der Waals surface area contributed by atoms with Crippen LogP contribution in [0.15, 0.2) is 34.4 Å². The van der Waals surface area contributed by atoms with Gasteiger partial charge in [-0.15, -0.1) is 0 Å². The normalized spacial score (nSPS) is 20.6. The lowest BCUT2D eigenvalue weighted by atomic mass is 10.1. The summed E-state index contributed by atoms with van der Waals surface area (Å²) in [5.41, 5.74) is 4.59. The van der Waals surface area contributed by atoms with Gasteiger partial charge in [0.15, 0.2) is 12.2 Å². The molecule has 1 aromatic rings. The molecule has 3 rings (SSSR count). The number of hydrogen-bond donors (Lipinski definition) is 3. The fraction of sp³-hybridized carbons (Fsp3) is 0.583. The maximum atomic E-state index is 12.7. The van der Waals surface area contributed by atoms with Gasteiger partial charge in [-0.1, -0.05) is 51.9 Å². The number of imide groups is 1. The van der Waals surface area contributed by atoms with Gasteiger partial charge in [0.1, 0.15) is 5.75 Å². The van der Waals surface area contributed by atoms with Crippen molar-refractivity contribution in [1.82, 2.24) is 20.5 Å². The monoisotopic (exact) mass is 456 g/mol. The van der Waals surface area contributed by atoms with Gasteiger partial charge in [-0.05, 0) is 43.2 Å². The van der Waals surface area contributed by atoms with Crippen molar-refractivity contribution in [3.63, 3.8) is 0 Å². The maximum absolute atomic E-state index is 12.7. The van der Waals surface area contributed by atoms with E-state index in [0.29, 0.717) is 18.2 Å². The molecule has 2 aliphatic heterocycles. The Morgan fingerprint density at radius 2 is 1.73 bits per heavy atom. The highest BCUT2D eigenvalue weighted by Gasteiger charge is 2.48. The third-order valence-corrected chi connectivity index (χ3v) is 6.22. The lowest BCUT2D eigenvalue weighted by Gasteiger charge is -2.36. The van der Waals surface area contributed by atoms with Crippen molar-refractivity contribution in [2.45, 2.75) is 77.4 Å². The van der Waals surface area contributed by atoms with Crippen LogP contribution in [-0.4, -0.2) is 64.3 Å². The molecule has 1 fully saturated rings. The van der Waals surface area contributed by atoms with Crippen LogP contribution in [0.4, 0.5) is 4.79 Å². The zero-order valence-electron chi connectivity index (χ0n) is 19.9. The van der Waals surface area contributed by atoms with Gasteiger partial charge in [-0.3, -0.25) is 10.1 Å². The number of aliphatic imine (C=N–C) groups is 1. The van der Waals surface area contributed by atoms with Crippen molar-refractivity contribution in [2.75, 3.05) is 13.6 Å². The molecule has 0 aliphatic carbocycles. The first-order valence-electron chi connectivity index (χ1n) is 11.9. The molecule has 9 nitrogen and oxygen atoms in total. The Hall–Kier alpha value is -3.10. The van der Waals surface area contributed by atoms with Crippen LogP contribution >= 0.6 is 0 Å². The Bertz CT molecular complexity index is 883. The van der Waals surface area contributed by atoms with Gasteiger partial charge in [0.05, 0.1) is 5.71 Å². The van der Waals surface area contributed by atoms with E-state index in [1.165, 1.54) is 43.4 Å². The molecule has 1 aromatic carbocycles. The number of carbonyl (C=O) groups excluding carboxylic acids is 2. The number of benzene rings is 1. The predicted molar refractivity (Wildman–Crippen MR) is 129 cm³/mol. The molecule has 0 radical (unpaired) electrons. The van der Waals surface area contributed by atoms with Crippen LogP contribution < -0.4 is 10.7 Å². The smallest absolute Gasteiger partial charge is 0.325 e. The van der Waals surface area contributed by atoms with Crippen molar-refractivity contribution in [3.05, 3.63) is 29.8 Å². The van der Waals surface area contributed by atoms with E-state index >= 15 is 0 Å². The molecule has 9 heteroatoms. The van der Waals surface area contributed by atoms with Crippen molar-refractivity contribution in [2.24, 2.45) is 10.1 Å². The van der Waals surface area contributed by atoms with E-state index in [4.69, 9.17) is 0 Å². The van der Waals surface area contributed by atoms with Gasteiger partial charge in [0.2, 0.25) is 5.96 Å². The number of phenolic OH excluding ortho intramolecular Hbond substituents is 1. The lowest BCUT2D eigenvalue weighted by molar-refractivity contribution is -0.127. The fourth-order valence-corrected chi connectivity index (χ4v) is 4.18. The molecule has 0 saturated carbocycles. The fourth-order valence-electron chi connectivity index (χ4n) is 4.18. The van der Waals surface area contributed by atoms with E-state index < -0.39 is 18.2 Å². The molecule has 2 unspecified atom stereocenters. The van der Waals surface area contributed by atoms with Crippen LogP contribution in [0, 0.1) is 0 Å². The highest BCUT2D eigenvalue weighted by atomic mass is 16.3. The van der Waals surface area contributed by atoms with E-state index in [-0.39, 0.29) is 11.7 Å². The van der Waals surface area contributed by atoms with Crippen LogP contribution in [0.5, 0.6) is 5.75 Å². The number of hydrogen-bond acceptors (Lipinski definition) is 7. The Labute approximate surface area is 195 Å². The third kappa shape index (κ3) is 6.24. The number of phenols is 1. The Balaban J connectivity index is 1.65. The second-order valence-electron chi connectivity index (χ2n) is 8.74. The van der Waals surface area contributed by atoms with Gasteiger partial charge in [0.25, 0.3) is 5.91 Å². The number of urea groups is 1. The first-order chi connectivity index (χ1) is 15.9. The molecule has 3 N–H and O–H groups in total. The molecule has 3 amide bonds. The number of unbranched alkanes of at least 4 members (excludes halogenated alkanes) is 7. The molecular formula is C24H36N6O3. The van der Waals surface area contributed by atoms with Crippen LogP contribution in [0.1, 0.15) is 70.8 Å². The summed E-state index contributed by atoms with van der Waals surface area (Å²) in [6.07, 6.45) is 8.97. The molecule has 0 bridgehead atoms. The molecule has 2 atom stereocenters. The number of aromatic hydroxyl groups is 1. The Morgan fingerprint density at radius 1 is 1.09 bits per heavy atom. The number of nitrogens with zero attached hydrogens (tertiary/aromatic N) is 4. The van der Waals surface area contributed by atoms with Gasteiger partial charge in [-0.25, -0.2) is 15.2 Å². The summed E-state index contributed by atoms with van der Waals surface area (Å²) in [4.78, 5) is 32.7. The summed E-state index contributed by atoms with van der Waals surface area (Å²) in [5, 5.41) is 16.4. The van der Waals surface area contributed by atoms with Gasteiger partial charge in [0, 0.05) is 13.6 Å². The van der Waals surface area contributed by atoms with Gasteiger partial charge >= 0.3 is 6.03 Å². The Kier molecular flexibility index (Phi) is 8.68. The number of likely N-dealkylation sites (N-methyl/N-ethyl adjacent to an activating group) is 1. The van der Waals surface area contributed by atoms with E-state index in [1.54, 1.807) is 31.3 Å². The highest BCUT2D eigenvalue weighted by Crippen LogP contribution is 2.24. The minimum atomic E-state index is -0.577. The number of rotatable bonds is 11. The summed E-state index contributed by atoms with van der Waals surface area (Å²) in [7, 11) is 1.64. The molecule has 0 aromatic heterocycles. The first-order valence-corrected chi connectivity index (χ1v) is 11.9. The number of carbonyl (C=O) groups is 2. The average molecular weight is 457 g/mol. The summed E-state index contributed by atoms with van der Waals surface area (Å²) < 4.78 is 0. The maximum Gasteiger partial charge on any atom is 0.325 e. The minimum Gasteiger partial charge on any atom is -0.508 e. The van der Waals surface area contributed by atoms with Crippen molar-refractivity contribution >= 4 is 23.6 Å². The largest absolute Gasteiger partial charge is 0.508 e. The first kappa shape index (κ1) is 24.5. The van der Waals surface area contributed by atoms with Crippen molar-refractivity contribution < 1.29 is 14.7 Å². The van der Waals surface area contributed by atoms with Crippen molar-refractivity contribution in [3.8, 4) is 5.75 Å². The molecule has 2 aliphatic rings. The summed E-state index contributed by atoms with van der Waals surface area (Å²) >= 11 is 0. The summed E-state index contributed by atoms with van der Waals surface area (Å²) in [5.74, 6) is 0.351. The second-order valence-corrected chi connectivity index (χ2v) is 8.74. The molecule has 1 saturated heterocycles. The summed E-state index contributed by atoms with van der Waals surface area (Å²) in [6, 6.07) is 5.77. The average Bonchev–Trinajstić information content (AvgIpc) is 3.17. The number of fused-ring (bicyclic) bond motifs is 1. The van der Waals surface area contributed by atoms with E-state index in [2.05, 4.69) is 27.8 Å². The quantitative estimate of drug-likeness (QED) is 0.269. The highest BCUT2D eigenvalue weighted by molar-refractivity contribution is 6.04. The van der Waals surface area contributed by atoms with Crippen LogP contribution in [0.2, 0.25) is 0 Å². The number of amides is 3. The van der Waals surface area contributed by atoms with E-state index in [0.717, 1.165) is 18.4 Å². The van der Waals surface area contributed by atoms with Crippen molar-refractivity contribution in [1.29, 1.82) is 0 Å². The van der Waals surface area contributed by atoms with Crippen LogP contribution in [-0.2, 0) is 4.79 Å². The van der Waals surface area contributed by atoms with E-state index in [9.17, 15) is 14.7 Å². The molecule has 2 heterocycles. The van der Waals surface area contributed by atoms with Gasteiger partial charge < -0.3 is 14.9 Å². The SMILES string of the molecule is CCCCCCCCCCN1C(N/N=C(/C)c2ccc(O)cc2)=NC2C1C(=O)NC(=O)N2C. The van der Waals surface area contributed by atoms with Crippen LogP contribution in [0.3, 0.4) is 0 Å². The Morgan fingerprint density at radius 3 is 2.39 bits per heavy atom. The number of hydrazone groups is 1. The zero-order chi connectivity index (χ0) is 23.8. The lowest BCUT2D eigenvalue weighted by Crippen LogP contribution is -2.64. The second kappa shape index (κ2) is 11.7. The molecule has 33 heavy (non-hydrogen) atoms. The predicted octanol–water partition coefficient (Wildman–Crippen LogP) is 3.39. The zero-order valence-corrected chi connectivity index (χ0v) is 19.9. The molecular weight excluding hydrogens is 420 g/mol.